The summed E-state index contributed by atoms with van der Waals surface area (Å²) in [6.45, 7) is 5.81. The van der Waals surface area contributed by atoms with Crippen molar-refractivity contribution in [2.24, 2.45) is 10.9 Å². The van der Waals surface area contributed by atoms with Gasteiger partial charge in [-0.3, -0.25) is 9.79 Å². The van der Waals surface area contributed by atoms with E-state index in [0.29, 0.717) is 11.5 Å². The minimum absolute atomic E-state index is 0. The normalized spacial score (nSPS) is 15.8. The van der Waals surface area contributed by atoms with E-state index < -0.39 is 0 Å². The molecule has 1 saturated heterocycles. The summed E-state index contributed by atoms with van der Waals surface area (Å²) in [6.07, 6.45) is 1.96. The molecule has 6 nitrogen and oxygen atoms in total. The molecule has 0 saturated carbocycles. The number of amides is 1. The predicted octanol–water partition coefficient (Wildman–Crippen LogP) is 3.86. The summed E-state index contributed by atoms with van der Waals surface area (Å²) in [5.41, 5.74) is 4.29. The standard InChI is InChI=1S/C24H32ClN5O.HI/c1-17-7-8-21(25)14-22(17)30-12-10-19(16-30)15-29-24(27-3)28-11-9-18-5-4-6-20(13-18)23(31)26-2;/h4-8,13-14,19H,9-12,15-16H2,1-3H3,(H,26,31)(H2,27,28,29);1H. The van der Waals surface area contributed by atoms with E-state index in [9.17, 15) is 4.79 Å². The molecule has 2 aromatic carbocycles. The number of hydrogen-bond donors (Lipinski definition) is 3. The zero-order valence-corrected chi connectivity index (χ0v) is 22.0. The van der Waals surface area contributed by atoms with Crippen LogP contribution in [0.15, 0.2) is 47.5 Å². The number of aliphatic imine (C=N–C) groups is 1. The van der Waals surface area contributed by atoms with Gasteiger partial charge in [0.25, 0.3) is 5.91 Å². The quantitative estimate of drug-likeness (QED) is 0.269. The van der Waals surface area contributed by atoms with E-state index in [4.69, 9.17) is 11.6 Å². The first-order valence-corrected chi connectivity index (χ1v) is 11.1. The van der Waals surface area contributed by atoms with Gasteiger partial charge in [-0.2, -0.15) is 0 Å². The van der Waals surface area contributed by atoms with E-state index in [1.165, 1.54) is 11.3 Å². The Labute approximate surface area is 213 Å². The molecule has 1 fully saturated rings. The van der Waals surface area contributed by atoms with Crippen molar-refractivity contribution in [3.05, 3.63) is 64.2 Å². The summed E-state index contributed by atoms with van der Waals surface area (Å²) in [6, 6.07) is 13.8. The van der Waals surface area contributed by atoms with Crippen LogP contribution in [-0.2, 0) is 6.42 Å². The Hall–Kier alpha value is -2.00. The summed E-state index contributed by atoms with van der Waals surface area (Å²) in [4.78, 5) is 18.5. The lowest BCUT2D eigenvalue weighted by atomic mass is 10.1. The van der Waals surface area contributed by atoms with Crippen molar-refractivity contribution in [3.63, 3.8) is 0 Å². The smallest absolute Gasteiger partial charge is 0.251 e. The van der Waals surface area contributed by atoms with Gasteiger partial charge in [0.1, 0.15) is 0 Å². The van der Waals surface area contributed by atoms with E-state index in [1.807, 2.05) is 30.3 Å². The summed E-state index contributed by atoms with van der Waals surface area (Å²) < 4.78 is 0. The molecule has 3 rings (SSSR count). The first kappa shape index (κ1) is 26.3. The zero-order chi connectivity index (χ0) is 22.2. The van der Waals surface area contributed by atoms with Crippen molar-refractivity contribution >= 4 is 53.1 Å². The molecule has 0 spiro atoms. The topological polar surface area (TPSA) is 68.8 Å². The number of benzene rings is 2. The SMILES string of the molecule is CN=C(NCCc1cccc(C(=O)NC)c1)NCC1CCN(c2cc(Cl)ccc2C)C1.I. The first-order chi connectivity index (χ1) is 15.0. The molecule has 1 unspecified atom stereocenters. The molecule has 0 aromatic heterocycles. The van der Waals surface area contributed by atoms with E-state index in [1.54, 1.807) is 14.1 Å². The molecule has 1 amide bonds. The Morgan fingerprint density at radius 2 is 2.03 bits per heavy atom. The second kappa shape index (κ2) is 12.9. The van der Waals surface area contributed by atoms with Crippen LogP contribution in [-0.4, -0.2) is 52.1 Å². The van der Waals surface area contributed by atoms with Gasteiger partial charge in [0, 0.05) is 56.5 Å². The van der Waals surface area contributed by atoms with Gasteiger partial charge in [0.15, 0.2) is 5.96 Å². The third kappa shape index (κ3) is 7.27. The average Bonchev–Trinajstić information content (AvgIpc) is 3.26. The second-order valence-electron chi connectivity index (χ2n) is 7.94. The number of nitrogens with one attached hydrogen (secondary N) is 3. The highest BCUT2D eigenvalue weighted by molar-refractivity contribution is 14.0. The number of rotatable bonds is 7. The maximum Gasteiger partial charge on any atom is 0.251 e. The third-order valence-electron chi connectivity index (χ3n) is 5.70. The molecule has 1 atom stereocenters. The third-order valence-corrected chi connectivity index (χ3v) is 5.94. The molecule has 1 aliphatic rings. The Balaban J connectivity index is 0.00000363. The summed E-state index contributed by atoms with van der Waals surface area (Å²) in [7, 11) is 3.43. The summed E-state index contributed by atoms with van der Waals surface area (Å²) in [5.74, 6) is 1.30. The molecule has 32 heavy (non-hydrogen) atoms. The molecule has 2 aromatic rings. The highest BCUT2D eigenvalue weighted by Gasteiger charge is 2.24. The lowest BCUT2D eigenvalue weighted by Crippen LogP contribution is -2.41. The fraction of sp³-hybridized carbons (Fsp3) is 0.417. The van der Waals surface area contributed by atoms with E-state index in [-0.39, 0.29) is 29.9 Å². The van der Waals surface area contributed by atoms with Gasteiger partial charge in [-0.1, -0.05) is 29.8 Å². The number of guanidine groups is 1. The molecule has 3 N–H and O–H groups in total. The van der Waals surface area contributed by atoms with Crippen molar-refractivity contribution < 1.29 is 4.79 Å². The summed E-state index contributed by atoms with van der Waals surface area (Å²) >= 11 is 6.19. The van der Waals surface area contributed by atoms with Crippen molar-refractivity contribution in [2.75, 3.05) is 45.2 Å². The molecular formula is C24H33ClIN5O. The summed E-state index contributed by atoms with van der Waals surface area (Å²) in [5, 5.41) is 10.3. The number of carbonyl (C=O) groups is 1. The number of nitrogens with zero attached hydrogens (tertiary/aromatic N) is 2. The maximum atomic E-state index is 11.8. The first-order valence-electron chi connectivity index (χ1n) is 10.8. The molecule has 174 valence electrons. The largest absolute Gasteiger partial charge is 0.371 e. The van der Waals surface area contributed by atoms with Crippen LogP contribution in [0.4, 0.5) is 5.69 Å². The van der Waals surface area contributed by atoms with E-state index >= 15 is 0 Å². The molecule has 0 aliphatic carbocycles. The number of anilines is 1. The minimum Gasteiger partial charge on any atom is -0.371 e. The van der Waals surface area contributed by atoms with Gasteiger partial charge in [0.05, 0.1) is 0 Å². The van der Waals surface area contributed by atoms with Gasteiger partial charge in [0.2, 0.25) is 0 Å². The number of halogens is 2. The number of aryl methyl sites for hydroxylation is 1. The van der Waals surface area contributed by atoms with Crippen molar-refractivity contribution in [3.8, 4) is 0 Å². The molecule has 0 bridgehead atoms. The highest BCUT2D eigenvalue weighted by atomic mass is 127. The molecule has 0 radical (unpaired) electrons. The van der Waals surface area contributed by atoms with Gasteiger partial charge < -0.3 is 20.9 Å². The van der Waals surface area contributed by atoms with Crippen LogP contribution in [0.1, 0.15) is 27.9 Å². The van der Waals surface area contributed by atoms with Gasteiger partial charge in [-0.05, 0) is 61.1 Å². The zero-order valence-electron chi connectivity index (χ0n) is 19.0. The van der Waals surface area contributed by atoms with Crippen molar-refractivity contribution in [1.82, 2.24) is 16.0 Å². The predicted molar refractivity (Wildman–Crippen MR) is 145 cm³/mol. The van der Waals surface area contributed by atoms with Crippen molar-refractivity contribution in [1.29, 1.82) is 0 Å². The maximum absolute atomic E-state index is 11.8. The lowest BCUT2D eigenvalue weighted by molar-refractivity contribution is 0.0963. The fourth-order valence-corrected chi connectivity index (χ4v) is 4.11. The van der Waals surface area contributed by atoms with Gasteiger partial charge in [-0.15, -0.1) is 24.0 Å². The fourth-order valence-electron chi connectivity index (χ4n) is 3.94. The van der Waals surface area contributed by atoms with E-state index in [2.05, 4.69) is 44.9 Å². The van der Waals surface area contributed by atoms with Crippen LogP contribution in [0.25, 0.3) is 0 Å². The van der Waals surface area contributed by atoms with Gasteiger partial charge in [-0.25, -0.2) is 0 Å². The van der Waals surface area contributed by atoms with Crippen LogP contribution in [0.3, 0.4) is 0 Å². The molecule has 8 heteroatoms. The van der Waals surface area contributed by atoms with Crippen molar-refractivity contribution in [2.45, 2.75) is 19.8 Å². The minimum atomic E-state index is -0.0640. The average molecular weight is 570 g/mol. The Bertz CT molecular complexity index is 936. The van der Waals surface area contributed by atoms with Crippen LogP contribution >= 0.6 is 35.6 Å². The van der Waals surface area contributed by atoms with Crippen LogP contribution in [0.2, 0.25) is 5.02 Å². The van der Waals surface area contributed by atoms with Gasteiger partial charge >= 0.3 is 0 Å². The molecular weight excluding hydrogens is 537 g/mol. The highest BCUT2D eigenvalue weighted by Crippen LogP contribution is 2.29. The Kier molecular flexibility index (Phi) is 10.6. The van der Waals surface area contributed by atoms with E-state index in [0.717, 1.165) is 55.6 Å². The molecule has 1 aliphatic heterocycles. The second-order valence-corrected chi connectivity index (χ2v) is 8.38. The van der Waals surface area contributed by atoms with Crippen LogP contribution < -0.4 is 20.9 Å². The van der Waals surface area contributed by atoms with Crippen LogP contribution in [0.5, 0.6) is 0 Å². The number of hydrogen-bond acceptors (Lipinski definition) is 3. The lowest BCUT2D eigenvalue weighted by Gasteiger charge is -2.21. The monoisotopic (exact) mass is 569 g/mol. The Morgan fingerprint density at radius 1 is 1.22 bits per heavy atom. The number of carbonyl (C=O) groups excluding carboxylic acids is 1. The molecule has 1 heterocycles. The Morgan fingerprint density at radius 3 is 2.78 bits per heavy atom. The van der Waals surface area contributed by atoms with Crippen LogP contribution in [0, 0.1) is 12.8 Å².